The molecule has 1 N–H and O–H groups in total. The van der Waals surface area contributed by atoms with Crippen molar-refractivity contribution in [1.82, 2.24) is 20.0 Å². The standard InChI is InChI=1S/C23H30N4O4/c1-15-13-27(14-16(2)31-15)23(29)20-12-24-25-21(20)17-7-9-26(10-8-17)22(28)18-5-4-6-19(11-18)30-3/h4-6,11-12,15-17H,7-10,13-14H2,1-3H3,(H,24,25)/t15-,16-/m0/s1. The van der Waals surface area contributed by atoms with Crippen molar-refractivity contribution in [1.29, 1.82) is 0 Å². The van der Waals surface area contributed by atoms with E-state index in [0.717, 1.165) is 18.5 Å². The lowest BCUT2D eigenvalue weighted by Gasteiger charge is -2.36. The Balaban J connectivity index is 1.41. The van der Waals surface area contributed by atoms with Crippen molar-refractivity contribution in [3.63, 3.8) is 0 Å². The van der Waals surface area contributed by atoms with E-state index in [0.29, 0.717) is 43.1 Å². The number of methoxy groups -OCH3 is 1. The SMILES string of the molecule is COc1cccc(C(=O)N2CCC(c3[nH]ncc3C(=O)N3C[C@H](C)O[C@@H](C)C3)CC2)c1. The number of rotatable bonds is 4. The van der Waals surface area contributed by atoms with Crippen molar-refractivity contribution in [2.75, 3.05) is 33.3 Å². The van der Waals surface area contributed by atoms with E-state index < -0.39 is 0 Å². The molecule has 4 rings (SSSR count). The molecule has 8 nitrogen and oxygen atoms in total. The molecule has 0 radical (unpaired) electrons. The van der Waals surface area contributed by atoms with E-state index in [2.05, 4.69) is 10.2 Å². The third-order valence-corrected chi connectivity index (χ3v) is 6.11. The molecule has 1 aromatic carbocycles. The average Bonchev–Trinajstić information content (AvgIpc) is 3.27. The van der Waals surface area contributed by atoms with Crippen LogP contribution in [-0.4, -0.2) is 77.3 Å². The number of morpholine rings is 1. The summed E-state index contributed by atoms with van der Waals surface area (Å²) in [5.74, 6) is 0.856. The van der Waals surface area contributed by atoms with Gasteiger partial charge in [-0.25, -0.2) is 0 Å². The molecule has 2 aliphatic rings. The maximum Gasteiger partial charge on any atom is 0.257 e. The zero-order chi connectivity index (χ0) is 22.0. The number of nitrogens with zero attached hydrogens (tertiary/aromatic N) is 3. The van der Waals surface area contributed by atoms with Crippen molar-refractivity contribution in [2.24, 2.45) is 0 Å². The van der Waals surface area contributed by atoms with Crippen LogP contribution in [0.1, 0.15) is 59.0 Å². The molecule has 8 heteroatoms. The van der Waals surface area contributed by atoms with Gasteiger partial charge in [0.05, 0.1) is 36.8 Å². The number of piperidine rings is 1. The van der Waals surface area contributed by atoms with Crippen molar-refractivity contribution in [2.45, 2.75) is 44.8 Å². The molecule has 1 aromatic heterocycles. The zero-order valence-corrected chi connectivity index (χ0v) is 18.3. The van der Waals surface area contributed by atoms with E-state index in [1.54, 1.807) is 19.4 Å². The number of nitrogens with one attached hydrogen (secondary N) is 1. The molecule has 0 spiro atoms. The summed E-state index contributed by atoms with van der Waals surface area (Å²) in [4.78, 5) is 29.8. The summed E-state index contributed by atoms with van der Waals surface area (Å²) in [6.07, 6.45) is 3.25. The number of carbonyl (C=O) groups is 2. The highest BCUT2D eigenvalue weighted by Gasteiger charge is 2.32. The summed E-state index contributed by atoms with van der Waals surface area (Å²) >= 11 is 0. The number of ether oxygens (including phenoxy) is 2. The van der Waals surface area contributed by atoms with Gasteiger partial charge >= 0.3 is 0 Å². The highest BCUT2D eigenvalue weighted by Crippen LogP contribution is 2.30. The Hall–Kier alpha value is -2.87. The number of benzene rings is 1. The summed E-state index contributed by atoms with van der Waals surface area (Å²) < 4.78 is 11.0. The Morgan fingerprint density at radius 3 is 2.48 bits per heavy atom. The van der Waals surface area contributed by atoms with E-state index in [9.17, 15) is 9.59 Å². The van der Waals surface area contributed by atoms with Gasteiger partial charge in [-0.15, -0.1) is 0 Å². The largest absolute Gasteiger partial charge is 0.497 e. The predicted octanol–water partition coefficient (Wildman–Crippen LogP) is 2.69. The molecule has 2 amide bonds. The van der Waals surface area contributed by atoms with Crippen molar-refractivity contribution < 1.29 is 19.1 Å². The van der Waals surface area contributed by atoms with Crippen LogP contribution in [0.4, 0.5) is 0 Å². The minimum absolute atomic E-state index is 0.000589. The van der Waals surface area contributed by atoms with Gasteiger partial charge in [0.2, 0.25) is 0 Å². The lowest BCUT2D eigenvalue weighted by molar-refractivity contribution is -0.0586. The summed E-state index contributed by atoms with van der Waals surface area (Å²) in [5.41, 5.74) is 2.15. The fraction of sp³-hybridized carbons (Fsp3) is 0.522. The summed E-state index contributed by atoms with van der Waals surface area (Å²) in [5, 5.41) is 7.23. The first-order valence-corrected chi connectivity index (χ1v) is 10.9. The Labute approximate surface area is 182 Å². The summed E-state index contributed by atoms with van der Waals surface area (Å²) in [6, 6.07) is 7.24. The average molecular weight is 427 g/mol. The van der Waals surface area contributed by atoms with Crippen LogP contribution >= 0.6 is 0 Å². The monoisotopic (exact) mass is 426 g/mol. The number of hydrogen-bond donors (Lipinski definition) is 1. The fourth-order valence-electron chi connectivity index (χ4n) is 4.60. The molecule has 3 heterocycles. The van der Waals surface area contributed by atoms with Crippen LogP contribution in [0, 0.1) is 0 Å². The third kappa shape index (κ3) is 4.58. The van der Waals surface area contributed by atoms with Crippen molar-refractivity contribution >= 4 is 11.8 Å². The lowest BCUT2D eigenvalue weighted by atomic mass is 9.90. The Bertz CT molecular complexity index is 925. The van der Waals surface area contributed by atoms with Crippen LogP contribution in [0.2, 0.25) is 0 Å². The number of likely N-dealkylation sites (tertiary alicyclic amines) is 1. The smallest absolute Gasteiger partial charge is 0.257 e. The Kier molecular flexibility index (Phi) is 6.27. The van der Waals surface area contributed by atoms with Crippen molar-refractivity contribution in [3.8, 4) is 5.75 Å². The van der Waals surface area contributed by atoms with Crippen LogP contribution < -0.4 is 4.74 Å². The van der Waals surface area contributed by atoms with E-state index in [1.807, 2.05) is 41.8 Å². The van der Waals surface area contributed by atoms with Gasteiger partial charge in [-0.2, -0.15) is 5.10 Å². The number of carbonyl (C=O) groups excluding carboxylic acids is 2. The molecule has 31 heavy (non-hydrogen) atoms. The second kappa shape index (κ2) is 9.09. The minimum atomic E-state index is 0.000589. The molecule has 2 fully saturated rings. The van der Waals surface area contributed by atoms with Gasteiger partial charge in [-0.1, -0.05) is 6.07 Å². The fourth-order valence-corrected chi connectivity index (χ4v) is 4.60. The van der Waals surface area contributed by atoms with E-state index in [1.165, 1.54) is 0 Å². The minimum Gasteiger partial charge on any atom is -0.497 e. The zero-order valence-electron chi connectivity index (χ0n) is 18.3. The number of H-pyrrole nitrogens is 1. The molecule has 0 bridgehead atoms. The first kappa shape index (κ1) is 21.4. The summed E-state index contributed by atoms with van der Waals surface area (Å²) in [7, 11) is 1.59. The quantitative estimate of drug-likeness (QED) is 0.812. The first-order valence-electron chi connectivity index (χ1n) is 10.9. The molecular weight excluding hydrogens is 396 g/mol. The molecule has 0 unspecified atom stereocenters. The predicted molar refractivity (Wildman–Crippen MR) is 115 cm³/mol. The van der Waals surface area contributed by atoms with Gasteiger partial charge in [0.1, 0.15) is 5.75 Å². The number of hydrogen-bond acceptors (Lipinski definition) is 5. The van der Waals surface area contributed by atoms with Gasteiger partial charge in [-0.3, -0.25) is 14.7 Å². The van der Waals surface area contributed by atoms with Crippen LogP contribution in [0.3, 0.4) is 0 Å². The first-order chi connectivity index (χ1) is 15.0. The van der Waals surface area contributed by atoms with Gasteiger partial charge in [0, 0.05) is 37.7 Å². The molecular formula is C23H30N4O4. The van der Waals surface area contributed by atoms with Crippen LogP contribution in [0.15, 0.2) is 30.5 Å². The second-order valence-corrected chi connectivity index (χ2v) is 8.46. The highest BCUT2D eigenvalue weighted by atomic mass is 16.5. The molecule has 0 saturated carbocycles. The normalized spacial score (nSPS) is 22.4. The molecule has 2 atom stereocenters. The molecule has 2 aliphatic heterocycles. The van der Waals surface area contributed by atoms with Crippen LogP contribution in [-0.2, 0) is 4.74 Å². The maximum absolute atomic E-state index is 13.2. The molecule has 2 saturated heterocycles. The highest BCUT2D eigenvalue weighted by molar-refractivity contribution is 5.96. The Morgan fingerprint density at radius 2 is 1.81 bits per heavy atom. The van der Waals surface area contributed by atoms with Crippen LogP contribution in [0.5, 0.6) is 5.75 Å². The number of aromatic nitrogens is 2. The third-order valence-electron chi connectivity index (χ3n) is 6.11. The molecule has 0 aliphatic carbocycles. The molecule has 2 aromatic rings. The topological polar surface area (TPSA) is 87.8 Å². The molecule has 166 valence electrons. The van der Waals surface area contributed by atoms with E-state index in [-0.39, 0.29) is 29.9 Å². The maximum atomic E-state index is 13.2. The van der Waals surface area contributed by atoms with Crippen molar-refractivity contribution in [3.05, 3.63) is 47.3 Å². The number of amides is 2. The van der Waals surface area contributed by atoms with E-state index in [4.69, 9.17) is 9.47 Å². The van der Waals surface area contributed by atoms with Gasteiger partial charge in [0.15, 0.2) is 0 Å². The van der Waals surface area contributed by atoms with Crippen LogP contribution in [0.25, 0.3) is 0 Å². The lowest BCUT2D eigenvalue weighted by Crippen LogP contribution is -2.48. The number of aromatic amines is 1. The Morgan fingerprint density at radius 1 is 1.10 bits per heavy atom. The van der Waals surface area contributed by atoms with Gasteiger partial charge < -0.3 is 19.3 Å². The van der Waals surface area contributed by atoms with Gasteiger partial charge in [-0.05, 0) is 44.9 Å². The van der Waals surface area contributed by atoms with Gasteiger partial charge in [0.25, 0.3) is 11.8 Å². The second-order valence-electron chi connectivity index (χ2n) is 8.46. The summed E-state index contributed by atoms with van der Waals surface area (Å²) in [6.45, 7) is 6.42. The van der Waals surface area contributed by atoms with E-state index >= 15 is 0 Å².